The highest BCUT2D eigenvalue weighted by atomic mass is 32.2. The Morgan fingerprint density at radius 3 is 2.20 bits per heavy atom. The molecule has 0 aliphatic carbocycles. The molecule has 0 aliphatic heterocycles. The van der Waals surface area contributed by atoms with Crippen LogP contribution in [0.5, 0.6) is 5.75 Å². The van der Waals surface area contributed by atoms with Crippen LogP contribution in [0.15, 0.2) is 36.9 Å². The molecule has 0 saturated carbocycles. The van der Waals surface area contributed by atoms with Gasteiger partial charge < -0.3 is 25.4 Å². The molecule has 0 bridgehead atoms. The highest BCUT2D eigenvalue weighted by molar-refractivity contribution is 8.13. The first kappa shape index (κ1) is 38.8. The molecule has 0 fully saturated rings. The Balaban J connectivity index is 0. The maximum atomic E-state index is 11.5. The van der Waals surface area contributed by atoms with Crippen molar-refractivity contribution in [3.05, 3.63) is 42.5 Å². The maximum Gasteiger partial charge on any atom is 0.367 e. The fourth-order valence-corrected chi connectivity index (χ4v) is 3.31. The van der Waals surface area contributed by atoms with E-state index >= 15 is 0 Å². The number of carbonyl (C=O) groups excluding carboxylic acids is 5. The Kier molecular flexibility index (Phi) is 26.4. The first-order valence-corrected chi connectivity index (χ1v) is 14.6. The number of hydrogen-bond donors (Lipinski definition) is 3. The smallest absolute Gasteiger partial charge is 0.367 e. The van der Waals surface area contributed by atoms with E-state index < -0.39 is 11.3 Å². The van der Waals surface area contributed by atoms with Crippen molar-refractivity contribution in [3.8, 4) is 5.75 Å². The van der Waals surface area contributed by atoms with Crippen LogP contribution in [-0.2, 0) is 30.5 Å². The number of amides is 3. The maximum absolute atomic E-state index is 11.5. The van der Waals surface area contributed by atoms with Gasteiger partial charge in [-0.3, -0.25) is 14.4 Å². The highest BCUT2D eigenvalue weighted by Crippen LogP contribution is 2.15. The van der Waals surface area contributed by atoms with Gasteiger partial charge in [0, 0.05) is 24.8 Å². The molecule has 0 aromatic heterocycles. The van der Waals surface area contributed by atoms with Crippen molar-refractivity contribution in [1.29, 1.82) is 0 Å². The lowest BCUT2D eigenvalue weighted by Gasteiger charge is -2.12. The molecule has 0 aliphatic rings. The van der Waals surface area contributed by atoms with Crippen molar-refractivity contribution in [2.24, 2.45) is 5.92 Å². The molecule has 40 heavy (non-hydrogen) atoms. The van der Waals surface area contributed by atoms with Crippen LogP contribution in [-0.4, -0.2) is 54.9 Å². The van der Waals surface area contributed by atoms with E-state index in [-0.39, 0.29) is 30.9 Å². The minimum absolute atomic E-state index is 0.0752. The lowest BCUT2D eigenvalue weighted by Crippen LogP contribution is -2.30. The van der Waals surface area contributed by atoms with Crippen LogP contribution in [0.2, 0.25) is 0 Å². The van der Waals surface area contributed by atoms with E-state index in [1.165, 1.54) is 12.8 Å². The SMILES string of the molecule is C=CC(=O)NCCSC(=O)OCc1ccc(OC(=O)CNC=O)cc1.CCC.CCCCC(CC)C(=O)NCC. The van der Waals surface area contributed by atoms with Crippen LogP contribution < -0.4 is 20.7 Å². The second-order valence-electron chi connectivity index (χ2n) is 8.35. The van der Waals surface area contributed by atoms with Crippen molar-refractivity contribution in [2.75, 3.05) is 25.4 Å². The summed E-state index contributed by atoms with van der Waals surface area (Å²) in [6.45, 7) is 14.7. The lowest BCUT2D eigenvalue weighted by molar-refractivity contribution is -0.134. The van der Waals surface area contributed by atoms with Gasteiger partial charge in [-0.15, -0.1) is 0 Å². The van der Waals surface area contributed by atoms with Gasteiger partial charge in [0.15, 0.2) is 0 Å². The number of rotatable bonds is 16. The van der Waals surface area contributed by atoms with Gasteiger partial charge >= 0.3 is 11.3 Å². The van der Waals surface area contributed by atoms with Gasteiger partial charge in [0.05, 0.1) is 0 Å². The van der Waals surface area contributed by atoms with E-state index in [1.54, 1.807) is 24.3 Å². The first-order chi connectivity index (χ1) is 19.2. The summed E-state index contributed by atoms with van der Waals surface area (Å²) >= 11 is 0.952. The monoisotopic (exact) mass is 581 g/mol. The van der Waals surface area contributed by atoms with E-state index in [9.17, 15) is 24.0 Å². The average molecular weight is 582 g/mol. The van der Waals surface area contributed by atoms with Crippen LogP contribution >= 0.6 is 11.8 Å². The number of hydrogen-bond acceptors (Lipinski definition) is 8. The predicted octanol–water partition coefficient (Wildman–Crippen LogP) is 4.77. The molecule has 10 nitrogen and oxygen atoms in total. The van der Waals surface area contributed by atoms with E-state index in [0.29, 0.717) is 24.5 Å². The first-order valence-electron chi connectivity index (χ1n) is 13.7. The minimum Gasteiger partial charge on any atom is -0.453 e. The zero-order valence-corrected chi connectivity index (χ0v) is 25.4. The third-order valence-corrected chi connectivity index (χ3v) is 5.53. The lowest BCUT2D eigenvalue weighted by atomic mass is 9.98. The molecule has 1 atom stereocenters. The van der Waals surface area contributed by atoms with E-state index in [0.717, 1.165) is 49.2 Å². The third kappa shape index (κ3) is 22.6. The minimum atomic E-state index is -0.591. The summed E-state index contributed by atoms with van der Waals surface area (Å²) < 4.78 is 10.0. The van der Waals surface area contributed by atoms with Crippen molar-refractivity contribution >= 4 is 41.3 Å². The fourth-order valence-electron chi connectivity index (χ4n) is 2.80. The molecular weight excluding hydrogens is 534 g/mol. The molecular formula is C29H47N3O7S. The van der Waals surface area contributed by atoms with E-state index in [1.807, 2.05) is 6.92 Å². The van der Waals surface area contributed by atoms with Crippen LogP contribution in [0, 0.1) is 5.92 Å². The van der Waals surface area contributed by atoms with Crippen LogP contribution in [0.4, 0.5) is 4.79 Å². The summed E-state index contributed by atoms with van der Waals surface area (Å²) in [6.07, 6.45) is 7.16. The van der Waals surface area contributed by atoms with Crippen molar-refractivity contribution < 1.29 is 33.4 Å². The molecule has 1 aromatic carbocycles. The van der Waals surface area contributed by atoms with Gasteiger partial charge in [-0.2, -0.15) is 0 Å². The Hall–Kier alpha value is -3.34. The molecule has 3 amide bonds. The van der Waals surface area contributed by atoms with Crippen molar-refractivity contribution in [2.45, 2.75) is 73.3 Å². The standard InChI is InChI=1S/C16H18N2O6S.C10H21NO.C3H8/c1-2-14(20)18-7-8-25-16(22)23-10-12-3-5-13(6-4-12)24-15(21)9-17-11-19;1-4-7-8-9(5-2)10(12)11-6-3;1-3-2/h2-6,11H,1,7-10H2,(H,17,19)(H,18,20);9H,4-8H2,1-3H3,(H,11,12);3H2,1-2H3. The molecule has 0 radical (unpaired) electrons. The number of ether oxygens (including phenoxy) is 2. The number of unbranched alkanes of at least 4 members (excludes halogenated alkanes) is 1. The van der Waals surface area contributed by atoms with E-state index in [4.69, 9.17) is 9.47 Å². The summed E-state index contributed by atoms with van der Waals surface area (Å²) in [5.41, 5.74) is 0.722. The van der Waals surface area contributed by atoms with Gasteiger partial charge in [-0.1, -0.05) is 65.7 Å². The summed E-state index contributed by atoms with van der Waals surface area (Å²) in [6, 6.07) is 6.41. The Labute approximate surface area is 243 Å². The molecule has 11 heteroatoms. The molecule has 0 spiro atoms. The van der Waals surface area contributed by atoms with Gasteiger partial charge in [0.1, 0.15) is 18.9 Å². The number of nitrogens with one attached hydrogen (secondary N) is 3. The zero-order valence-electron chi connectivity index (χ0n) is 24.6. The summed E-state index contributed by atoms with van der Waals surface area (Å²) in [7, 11) is 0. The van der Waals surface area contributed by atoms with E-state index in [2.05, 4.69) is 50.2 Å². The highest BCUT2D eigenvalue weighted by Gasteiger charge is 2.14. The molecule has 1 rings (SSSR count). The Morgan fingerprint density at radius 2 is 1.68 bits per heavy atom. The largest absolute Gasteiger partial charge is 0.453 e. The van der Waals surface area contributed by atoms with Crippen LogP contribution in [0.25, 0.3) is 0 Å². The summed E-state index contributed by atoms with van der Waals surface area (Å²) in [4.78, 5) is 55.2. The molecule has 3 N–H and O–H groups in total. The second kappa shape index (κ2) is 27.2. The zero-order chi connectivity index (χ0) is 30.6. The van der Waals surface area contributed by atoms with Crippen LogP contribution in [0.3, 0.4) is 0 Å². The molecule has 0 saturated heterocycles. The number of thioether (sulfide) groups is 1. The fraction of sp³-hybridized carbons (Fsp3) is 0.552. The average Bonchev–Trinajstić information content (AvgIpc) is 2.95. The number of benzene rings is 1. The molecule has 1 unspecified atom stereocenters. The molecule has 0 heterocycles. The van der Waals surface area contributed by atoms with Crippen LogP contribution in [0.1, 0.15) is 72.3 Å². The second-order valence-corrected chi connectivity index (χ2v) is 9.38. The molecule has 226 valence electrons. The normalized spacial score (nSPS) is 10.2. The number of esters is 1. The Morgan fingerprint density at radius 1 is 1.02 bits per heavy atom. The van der Waals surface area contributed by atoms with Gasteiger partial charge in [0.25, 0.3) is 0 Å². The predicted molar refractivity (Wildman–Crippen MR) is 160 cm³/mol. The van der Waals surface area contributed by atoms with Crippen molar-refractivity contribution in [3.63, 3.8) is 0 Å². The molecule has 1 aromatic rings. The van der Waals surface area contributed by atoms with Gasteiger partial charge in [-0.05, 0) is 55.3 Å². The van der Waals surface area contributed by atoms with Crippen molar-refractivity contribution in [1.82, 2.24) is 16.0 Å². The van der Waals surface area contributed by atoms with Gasteiger partial charge in [-0.25, -0.2) is 9.59 Å². The van der Waals surface area contributed by atoms with Gasteiger partial charge in [0.2, 0.25) is 18.2 Å². The third-order valence-electron chi connectivity index (χ3n) is 4.77. The Bertz CT molecular complexity index is 864. The number of carbonyl (C=O) groups is 5. The topological polar surface area (TPSA) is 140 Å². The summed E-state index contributed by atoms with van der Waals surface area (Å²) in [5.74, 6) is 0.295. The summed E-state index contributed by atoms with van der Waals surface area (Å²) in [5, 5.41) is 7.16. The quantitative estimate of drug-likeness (QED) is 0.0834.